The Kier molecular flexibility index (Phi) is 48.8. The molecule has 0 bridgehead atoms. The molecule has 32 heteroatoms. The number of ether oxygens (including phenoxy) is 3. The van der Waals surface area contributed by atoms with E-state index in [9.17, 15) is 30.6 Å². The van der Waals surface area contributed by atoms with Crippen LogP contribution in [-0.2, 0) is 27.9 Å². The quantitative estimate of drug-likeness (QED) is 0.0940. The molecule has 0 aromatic rings. The molecule has 0 aromatic carbocycles. The Morgan fingerprint density at radius 1 is 0.591 bits per heavy atom. The molecule has 0 spiro atoms. The summed E-state index contributed by atoms with van der Waals surface area (Å²) in [5.74, 6) is -2.22. The molecule has 44 heavy (non-hydrogen) atoms. The van der Waals surface area contributed by atoms with Crippen molar-refractivity contribution in [3.8, 4) is 0 Å². The summed E-state index contributed by atoms with van der Waals surface area (Å²) in [7, 11) is -16.2. The third-order valence-electron chi connectivity index (χ3n) is 4.07. The largest absolute Gasteiger partial charge is 2.00 e. The van der Waals surface area contributed by atoms with Gasteiger partial charge in [0.25, 0.3) is 0 Å². The fraction of sp³-hybridized carbons (Fsp3) is 1.00. The number of hydrogen-bond acceptors (Lipinski definition) is 24. The van der Waals surface area contributed by atoms with E-state index in [4.69, 9.17) is 82.2 Å². The number of phosphoric acid groups is 3. The van der Waals surface area contributed by atoms with E-state index in [1.165, 1.54) is 0 Å². The summed E-state index contributed by atoms with van der Waals surface area (Å²) in [5.41, 5.74) is 0. The minimum Gasteiger partial charge on any atom is -0.870 e. The Morgan fingerprint density at radius 3 is 1.16 bits per heavy atom. The number of rotatable bonds is 5. The zero-order valence-electron chi connectivity index (χ0n) is 22.3. The Labute approximate surface area is 397 Å². The molecule has 2 fully saturated rings. The summed E-state index contributed by atoms with van der Waals surface area (Å²) in [6.45, 7) is -2.32. The van der Waals surface area contributed by atoms with E-state index in [1.54, 1.807) is 0 Å². The second-order valence-electron chi connectivity index (χ2n) is 6.90. The second-order valence-corrected chi connectivity index (χ2v) is 9.58. The van der Waals surface area contributed by atoms with E-state index < -0.39 is 98.1 Å². The van der Waals surface area contributed by atoms with Crippen molar-refractivity contribution in [1.82, 2.24) is 0 Å². The molecule has 0 saturated carbocycles. The predicted molar refractivity (Wildman–Crippen MR) is 122 cm³/mol. The summed E-state index contributed by atoms with van der Waals surface area (Å²) >= 11 is 0. The van der Waals surface area contributed by atoms with Gasteiger partial charge in [0.05, 0.1) is 13.2 Å². The van der Waals surface area contributed by atoms with Gasteiger partial charge < -0.3 is 118 Å². The minimum atomic E-state index is -5.39. The maximum Gasteiger partial charge on any atom is 2.00 e. The van der Waals surface area contributed by atoms with Crippen LogP contribution in [0.5, 0.6) is 0 Å². The fourth-order valence-electron chi connectivity index (χ4n) is 2.63. The van der Waals surface area contributed by atoms with E-state index in [1.807, 2.05) is 0 Å². The van der Waals surface area contributed by atoms with Gasteiger partial charge in [0.2, 0.25) is 5.79 Å². The summed E-state index contributed by atoms with van der Waals surface area (Å²) < 4.78 is 41.1. The summed E-state index contributed by atoms with van der Waals surface area (Å²) in [6, 6.07) is 0. The molecule has 240 valence electrons. The van der Waals surface area contributed by atoms with Crippen LogP contribution in [-0.4, -0.2) is 310 Å². The number of hydrogen-bond donors (Lipinski definition) is 8. The normalized spacial score (nSPS) is 30.8. The standard InChI is InChI=1S/C12H22O11.5Ca.3H3O4P.H2O/c13-1-4-6(16)8(18)9(19)11(21-4)23-12(3-15)10(20)7(17)5(2-14)22-12;;;;;;3*1-5(2,3)4;/h4-11,13-20H,1-3H2;;;;;;3*(H3,1,2,3,4);1H2/q;5*+2;;;;/p-10/t4-,5-,6-,7-,8+,9-,10+,11-,12+;;;;;;;;;/m1........./s1. The van der Waals surface area contributed by atoms with Gasteiger partial charge in [-0.3, -0.25) is 0 Å². The Balaban J connectivity index is -0.0000000870. The molecule has 0 amide bonds. The first-order valence-corrected chi connectivity index (χ1v) is 13.6. The molecule has 2 aliphatic rings. The second kappa shape index (κ2) is 31.5. The molecule has 9 N–H and O–H groups in total. The van der Waals surface area contributed by atoms with Crippen LogP contribution < -0.4 is 44.0 Å². The van der Waals surface area contributed by atoms with Crippen LogP contribution in [0.2, 0.25) is 0 Å². The minimum absolute atomic E-state index is 0. The van der Waals surface area contributed by atoms with E-state index in [-0.39, 0.29) is 194 Å². The predicted octanol–water partition coefficient (Wildman–Crippen LogP) is -16.0. The molecule has 2 saturated heterocycles. The smallest absolute Gasteiger partial charge is 0.870 e. The topological polar surface area (TPSA) is 478 Å². The van der Waals surface area contributed by atoms with Gasteiger partial charge >= 0.3 is 189 Å². The van der Waals surface area contributed by atoms with Crippen LogP contribution in [0.4, 0.5) is 0 Å². The molecule has 0 unspecified atom stereocenters. The van der Waals surface area contributed by atoms with Crippen LogP contribution in [0.15, 0.2) is 0 Å². The first-order chi connectivity index (χ1) is 16.8. The van der Waals surface area contributed by atoms with Crippen molar-refractivity contribution in [3.63, 3.8) is 0 Å². The van der Waals surface area contributed by atoms with E-state index in [0.717, 1.165) is 0 Å². The fourth-order valence-corrected chi connectivity index (χ4v) is 2.63. The van der Waals surface area contributed by atoms with Crippen molar-refractivity contribution in [3.05, 3.63) is 0 Å². The molecular weight excluding hydrogens is 821 g/mol. The van der Waals surface area contributed by atoms with Crippen LogP contribution >= 0.6 is 23.5 Å². The third-order valence-corrected chi connectivity index (χ3v) is 4.07. The SMILES string of the molecule is O=P([O-])([O-])[O-].O=P([O-])([O-])[O-].O=P([O-])([O-])[O-].OC[C@H]1O[C@@](CO)(O[C@H]2O[C@H](CO)[C@@H](O)[C@H](O)[C@H]2O)[C@@H](O)[C@@H]1O.[Ca+2].[Ca+2].[Ca+2].[Ca+2].[Ca+2].[OH-]. The average Bonchev–Trinajstić information content (AvgIpc) is 2.95. The first kappa shape index (κ1) is 68.2. The summed E-state index contributed by atoms with van der Waals surface area (Å²) in [5, 5.41) is 76.7. The van der Waals surface area contributed by atoms with Gasteiger partial charge in [-0.25, -0.2) is 0 Å². The number of aliphatic hydroxyl groups is 8. The molecule has 24 nitrogen and oxygen atoms in total. The molecule has 0 aliphatic carbocycles. The molecule has 0 radical (unpaired) electrons. The van der Waals surface area contributed by atoms with Crippen molar-refractivity contribution >= 4 is 212 Å². The van der Waals surface area contributed by atoms with Crippen molar-refractivity contribution < 1.29 is 118 Å². The maximum absolute atomic E-state index is 10.00. The molecular formula is C12H23Ca5O24P3. The molecule has 9 atom stereocenters. The Morgan fingerprint density at radius 2 is 0.909 bits per heavy atom. The van der Waals surface area contributed by atoms with E-state index in [0.29, 0.717) is 0 Å². The van der Waals surface area contributed by atoms with Crippen LogP contribution in [0.1, 0.15) is 0 Å². The van der Waals surface area contributed by atoms with Gasteiger partial charge in [-0.1, -0.05) is 0 Å². The van der Waals surface area contributed by atoms with Crippen LogP contribution in [0.3, 0.4) is 0 Å². The van der Waals surface area contributed by atoms with Gasteiger partial charge in [0.15, 0.2) is 6.29 Å². The van der Waals surface area contributed by atoms with Crippen molar-refractivity contribution in [1.29, 1.82) is 0 Å². The monoisotopic (exact) mass is 844 g/mol. The summed E-state index contributed by atoms with van der Waals surface area (Å²) in [4.78, 5) is 76.9. The van der Waals surface area contributed by atoms with Gasteiger partial charge in [-0.2, -0.15) is 23.5 Å². The molecule has 2 heterocycles. The first-order valence-electron chi connectivity index (χ1n) is 9.24. The van der Waals surface area contributed by atoms with Crippen LogP contribution in [0, 0.1) is 0 Å². The molecule has 2 rings (SSSR count). The molecule has 2 aliphatic heterocycles. The van der Waals surface area contributed by atoms with Gasteiger partial charge in [-0.05, 0) is 0 Å². The average molecular weight is 845 g/mol. The van der Waals surface area contributed by atoms with Gasteiger partial charge in [-0.15, -0.1) is 0 Å². The summed E-state index contributed by atoms with van der Waals surface area (Å²) in [6.07, 6.45) is -12.7. The van der Waals surface area contributed by atoms with Crippen molar-refractivity contribution in [2.75, 3.05) is 19.8 Å². The van der Waals surface area contributed by atoms with E-state index in [2.05, 4.69) is 0 Å². The van der Waals surface area contributed by atoms with Crippen molar-refractivity contribution in [2.24, 2.45) is 0 Å². The van der Waals surface area contributed by atoms with Gasteiger partial charge in [0, 0.05) is 0 Å². The van der Waals surface area contributed by atoms with E-state index >= 15 is 0 Å². The van der Waals surface area contributed by atoms with Gasteiger partial charge in [0.1, 0.15) is 49.3 Å². The zero-order valence-corrected chi connectivity index (χ0v) is 36.0. The Hall–Kier alpha value is 6.15. The van der Waals surface area contributed by atoms with Crippen LogP contribution in [0.25, 0.3) is 0 Å². The molecule has 0 aromatic heterocycles. The third kappa shape index (κ3) is 32.8. The maximum atomic E-state index is 10.00. The zero-order chi connectivity index (χ0) is 30.9. The Bertz CT molecular complexity index is 758. The van der Waals surface area contributed by atoms with Crippen molar-refractivity contribution in [2.45, 2.75) is 54.8 Å². The number of aliphatic hydroxyl groups excluding tert-OH is 8.